The van der Waals surface area contributed by atoms with Crippen LogP contribution in [0.1, 0.15) is 48.4 Å². The van der Waals surface area contributed by atoms with Gasteiger partial charge in [-0.05, 0) is 27.7 Å². The van der Waals surface area contributed by atoms with Crippen LogP contribution in [0.25, 0.3) is 0 Å². The third-order valence-electron chi connectivity index (χ3n) is 6.73. The first-order valence-electron chi connectivity index (χ1n) is 15.9. The number of aliphatic hydroxyl groups is 2. The number of ether oxygens (including phenoxy) is 2. The summed E-state index contributed by atoms with van der Waals surface area (Å²) in [7, 11) is -9.19. The van der Waals surface area contributed by atoms with E-state index >= 15 is 0 Å². The summed E-state index contributed by atoms with van der Waals surface area (Å²) in [5.74, 6) is 0. The second-order valence-electron chi connectivity index (χ2n) is 10.7. The molecule has 0 aromatic carbocycles. The van der Waals surface area contributed by atoms with Gasteiger partial charge >= 0.3 is 27.0 Å². The minimum atomic E-state index is -4.80. The van der Waals surface area contributed by atoms with Crippen molar-refractivity contribution in [3.05, 3.63) is 66.2 Å². The first-order chi connectivity index (χ1) is 23.1. The molecule has 2 aromatic heterocycles. The maximum absolute atomic E-state index is 12.7. The van der Waals surface area contributed by atoms with E-state index in [2.05, 4.69) is 4.52 Å². The van der Waals surface area contributed by atoms with Crippen LogP contribution in [-0.2, 0) is 41.2 Å². The molecular weight excluding hydrogens is 650 g/mol. The minimum absolute atomic E-state index is 0.571. The number of hydrogen-bond acceptors (Lipinski definition) is 15. The van der Waals surface area contributed by atoms with E-state index in [1.54, 1.807) is 0 Å². The van der Waals surface area contributed by atoms with Crippen LogP contribution in [0.15, 0.2) is 43.7 Å². The van der Waals surface area contributed by atoms with Crippen molar-refractivity contribution in [3.63, 3.8) is 0 Å². The molecule has 0 aliphatic carbocycles. The van der Waals surface area contributed by atoms with Crippen LogP contribution in [0.4, 0.5) is 0 Å². The molecule has 45 heavy (non-hydrogen) atoms. The molecule has 250 valence electrons. The highest BCUT2D eigenvalue weighted by atomic mass is 31.2. The molecule has 4 aliphatic rings. The van der Waals surface area contributed by atoms with Crippen molar-refractivity contribution in [2.24, 2.45) is 0 Å². The van der Waals surface area contributed by atoms with Gasteiger partial charge in [0.15, 0.2) is 12.5 Å². The van der Waals surface area contributed by atoms with Crippen molar-refractivity contribution in [2.75, 3.05) is 13.1 Å². The van der Waals surface area contributed by atoms with Crippen molar-refractivity contribution in [1.82, 2.24) is 19.1 Å². The first kappa shape index (κ1) is 26.5. The molecule has 4 aliphatic heterocycles. The van der Waals surface area contributed by atoms with E-state index in [9.17, 15) is 43.4 Å². The maximum Gasteiger partial charge on any atom is 0.475 e. The molecular formula is C23H32N4O16P2. The van der Waals surface area contributed by atoms with Crippen LogP contribution in [0.2, 0.25) is 0 Å². The molecule has 20 nitrogen and oxygen atoms in total. The lowest BCUT2D eigenvalue weighted by Gasteiger charge is -2.35. The van der Waals surface area contributed by atoms with Gasteiger partial charge in [-0.3, -0.25) is 51.3 Å². The van der Waals surface area contributed by atoms with Crippen LogP contribution in [0.3, 0.4) is 0 Å². The number of H-pyrrole nitrogens is 2. The van der Waals surface area contributed by atoms with E-state index in [1.165, 1.54) is 20.8 Å². The highest BCUT2D eigenvalue weighted by molar-refractivity contribution is 7.48. The Morgan fingerprint density at radius 3 is 1.82 bits per heavy atom. The maximum atomic E-state index is 12.7. The van der Waals surface area contributed by atoms with Gasteiger partial charge < -0.3 is 24.6 Å². The second kappa shape index (κ2) is 11.9. The van der Waals surface area contributed by atoms with E-state index in [-0.39, 0.29) is 0 Å². The number of fused-ring (bicyclic) bond motifs is 2. The molecule has 2 unspecified atom stereocenters. The fraction of sp³-hybridized carbons (Fsp3) is 0.652. The zero-order chi connectivity index (χ0) is 38.4. The summed E-state index contributed by atoms with van der Waals surface area (Å²) in [6, 6.07) is -1.17. The third-order valence-corrected chi connectivity index (χ3v) is 9.06. The SMILES string of the molecule is [2H]c1cn([C@@H]2O[C@H]3[C@@H](OP(=O)(O)OC3([2H])[2H])[C@@]2(C)O)c(=O)[nH]c1=O.[2H]c1cn([C@@H]2O[C@H]3[C@@H](OP(=O)(OC(C)C)OC3([2H])[2H])[C@@]2(C)O)c(=O)[nH]c1=O. The van der Waals surface area contributed by atoms with Crippen LogP contribution in [0, 0.1) is 0 Å². The first-order valence-corrected chi connectivity index (χ1v) is 15.9. The Labute approximate surface area is 261 Å². The number of aromatic amines is 2. The molecule has 6 rings (SSSR count). The number of nitrogens with zero attached hydrogens (tertiary/aromatic N) is 2. The largest absolute Gasteiger partial charge is 0.475 e. The molecule has 6 heterocycles. The molecule has 0 spiro atoms. The lowest BCUT2D eigenvalue weighted by Crippen LogP contribution is -2.49. The van der Waals surface area contributed by atoms with Crippen LogP contribution >= 0.6 is 15.6 Å². The summed E-state index contributed by atoms with van der Waals surface area (Å²) in [5, 5.41) is 21.6. The van der Waals surface area contributed by atoms with Crippen molar-refractivity contribution in [2.45, 2.75) is 81.9 Å². The molecule has 0 radical (unpaired) electrons. The Morgan fingerprint density at radius 1 is 0.911 bits per heavy atom. The monoisotopic (exact) mass is 688 g/mol. The molecule has 0 bridgehead atoms. The predicted molar refractivity (Wildman–Crippen MR) is 147 cm³/mol. The summed E-state index contributed by atoms with van der Waals surface area (Å²) in [4.78, 5) is 59.9. The molecule has 5 N–H and O–H groups in total. The topological polar surface area (TPSA) is 269 Å². The van der Waals surface area contributed by atoms with Gasteiger partial charge in [-0.15, -0.1) is 0 Å². The molecule has 4 fully saturated rings. The molecule has 0 saturated carbocycles. The smallest absolute Gasteiger partial charge is 0.383 e. The van der Waals surface area contributed by atoms with Gasteiger partial charge in [0.1, 0.15) is 35.6 Å². The predicted octanol–water partition coefficient (Wildman–Crippen LogP) is -1.17. The fourth-order valence-corrected chi connectivity index (χ4v) is 7.15. The zero-order valence-electron chi connectivity index (χ0n) is 29.6. The standard InChI is InChI=1S/C13H19N2O8P.C10H13N2O8P/c1-7(2)22-24(19)20-6-8-10(23-24)13(3,18)11(21-8)15-5-4-9(16)14-12(15)17;1-10(15)7-5(4-18-21(16,17)20-7)19-8(10)12-3-2-6(13)11-9(12)14/h4-5,7-8,10-11,18H,6H2,1-3H3,(H,14,16,17);2-3,5,7-8,15H,4H2,1H3,(H,16,17)(H,11,13,14)/t8-,10-,11-,13-,24?;5-,7-,8-,10-/m11/s1/i4D,6D2;2D,4D2. The van der Waals surface area contributed by atoms with Crippen molar-refractivity contribution < 1.29 is 64.6 Å². The number of nitrogens with one attached hydrogen (secondary N) is 2. The number of rotatable bonds is 4. The van der Waals surface area contributed by atoms with Crippen molar-refractivity contribution in [1.29, 1.82) is 0 Å². The summed E-state index contributed by atoms with van der Waals surface area (Å²) in [6.45, 7) is -0.107. The molecule has 0 amide bonds. The van der Waals surface area contributed by atoms with Gasteiger partial charge in [-0.2, -0.15) is 0 Å². The van der Waals surface area contributed by atoms with Gasteiger partial charge in [-0.25, -0.2) is 18.7 Å². The number of aromatic nitrogens is 4. The Balaban J connectivity index is 0.000000199. The molecule has 2 aromatic rings. The Bertz CT molecular complexity index is 2050. The summed E-state index contributed by atoms with van der Waals surface area (Å²) in [5.41, 5.74) is -8.12. The molecule has 10 atom stereocenters. The summed E-state index contributed by atoms with van der Waals surface area (Å²) >= 11 is 0. The average Bonchev–Trinajstić information content (AvgIpc) is 3.36. The van der Waals surface area contributed by atoms with E-state index in [0.29, 0.717) is 4.57 Å². The van der Waals surface area contributed by atoms with E-state index in [4.69, 9.17) is 35.8 Å². The summed E-state index contributed by atoms with van der Waals surface area (Å²) in [6.07, 6.45) is -8.51. The Kier molecular flexibility index (Phi) is 7.00. The van der Waals surface area contributed by atoms with Crippen LogP contribution < -0.4 is 22.5 Å². The lowest BCUT2D eigenvalue weighted by atomic mass is 9.96. The number of phosphoric acid groups is 2. The summed E-state index contributed by atoms with van der Waals surface area (Å²) < 4.78 is 107. The second-order valence-corrected chi connectivity index (χ2v) is 13.5. The minimum Gasteiger partial charge on any atom is -0.383 e. The molecule has 22 heteroatoms. The highest BCUT2D eigenvalue weighted by Gasteiger charge is 2.61. The Morgan fingerprint density at radius 2 is 1.36 bits per heavy atom. The fourth-order valence-electron chi connectivity index (χ4n) is 4.77. The zero-order valence-corrected chi connectivity index (χ0v) is 25.4. The Hall–Kier alpha value is -2.58. The lowest BCUT2D eigenvalue weighted by molar-refractivity contribution is -0.0946. The highest BCUT2D eigenvalue weighted by Crippen LogP contribution is 2.59. The van der Waals surface area contributed by atoms with Crippen molar-refractivity contribution >= 4 is 15.6 Å². The number of hydrogen-bond donors (Lipinski definition) is 5. The molecule has 4 saturated heterocycles. The normalized spacial score (nSPS) is 45.0. The third kappa shape index (κ3) is 6.64. The van der Waals surface area contributed by atoms with Crippen molar-refractivity contribution in [3.8, 4) is 0 Å². The van der Waals surface area contributed by atoms with Gasteiger partial charge in [0.25, 0.3) is 11.1 Å². The quantitative estimate of drug-likeness (QED) is 0.237. The van der Waals surface area contributed by atoms with E-state index in [0.717, 1.165) is 23.9 Å². The van der Waals surface area contributed by atoms with Crippen LogP contribution in [0.5, 0.6) is 0 Å². The van der Waals surface area contributed by atoms with E-state index < -0.39 is 118 Å². The van der Waals surface area contributed by atoms with E-state index in [1.807, 2.05) is 9.97 Å². The van der Waals surface area contributed by atoms with Gasteiger partial charge in [0.05, 0.1) is 27.4 Å². The van der Waals surface area contributed by atoms with Gasteiger partial charge in [-0.1, -0.05) is 0 Å². The van der Waals surface area contributed by atoms with Crippen LogP contribution in [-0.4, -0.2) is 89.0 Å². The van der Waals surface area contributed by atoms with Gasteiger partial charge in [0, 0.05) is 24.5 Å². The average molecular weight is 689 g/mol. The van der Waals surface area contributed by atoms with Gasteiger partial charge in [0.2, 0.25) is 0 Å². The number of phosphoric ester groups is 2.